The molecule has 2 aromatic carbocycles. The predicted molar refractivity (Wildman–Crippen MR) is 81.6 cm³/mol. The van der Waals surface area contributed by atoms with Crippen molar-refractivity contribution in [1.29, 1.82) is 0 Å². The van der Waals surface area contributed by atoms with Crippen LogP contribution < -0.4 is 4.74 Å². The van der Waals surface area contributed by atoms with Crippen LogP contribution in [0.3, 0.4) is 0 Å². The van der Waals surface area contributed by atoms with Gasteiger partial charge in [-0.3, -0.25) is 4.79 Å². The van der Waals surface area contributed by atoms with E-state index in [4.69, 9.17) is 4.74 Å². The molecule has 2 aromatic rings. The van der Waals surface area contributed by atoms with Gasteiger partial charge in [-0.25, -0.2) is 0 Å². The van der Waals surface area contributed by atoms with E-state index in [1.807, 2.05) is 55.5 Å². The van der Waals surface area contributed by atoms with E-state index in [1.54, 1.807) is 0 Å². The average molecular weight is 268 g/mol. The monoisotopic (exact) mass is 268 g/mol. The summed E-state index contributed by atoms with van der Waals surface area (Å²) in [5, 5.41) is 0. The fourth-order valence-corrected chi connectivity index (χ4v) is 2.23. The van der Waals surface area contributed by atoms with E-state index in [0.29, 0.717) is 18.1 Å². The summed E-state index contributed by atoms with van der Waals surface area (Å²) in [6, 6.07) is 15.1. The van der Waals surface area contributed by atoms with Crippen LogP contribution in [-0.4, -0.2) is 12.4 Å². The van der Waals surface area contributed by atoms with Crippen molar-refractivity contribution in [2.75, 3.05) is 6.61 Å². The molecule has 0 aliphatic heterocycles. The van der Waals surface area contributed by atoms with E-state index in [0.717, 1.165) is 16.9 Å². The third-order valence-electron chi connectivity index (χ3n) is 3.25. The molecule has 104 valence electrons. The standard InChI is InChI=1S/C18H20O2/c1-4-20-15-11-9-14(10-12-15)18(19)17-8-6-5-7-16(17)13(2)3/h5-13H,4H2,1-3H3. The first-order valence-corrected chi connectivity index (χ1v) is 7.00. The maximum atomic E-state index is 12.6. The lowest BCUT2D eigenvalue weighted by atomic mass is 9.92. The highest BCUT2D eigenvalue weighted by atomic mass is 16.5. The van der Waals surface area contributed by atoms with Crippen LogP contribution >= 0.6 is 0 Å². The average Bonchev–Trinajstić information content (AvgIpc) is 2.47. The molecule has 2 rings (SSSR count). The van der Waals surface area contributed by atoms with E-state index in [1.165, 1.54) is 0 Å². The Hall–Kier alpha value is -2.09. The molecular formula is C18H20O2. The van der Waals surface area contributed by atoms with Crippen LogP contribution in [0.1, 0.15) is 48.2 Å². The summed E-state index contributed by atoms with van der Waals surface area (Å²) in [6.07, 6.45) is 0. The van der Waals surface area contributed by atoms with Crippen molar-refractivity contribution in [3.8, 4) is 5.75 Å². The Morgan fingerprint density at radius 3 is 2.30 bits per heavy atom. The van der Waals surface area contributed by atoms with E-state index in [9.17, 15) is 4.79 Å². The Morgan fingerprint density at radius 1 is 1.05 bits per heavy atom. The highest BCUT2D eigenvalue weighted by Crippen LogP contribution is 2.23. The molecule has 0 aliphatic rings. The SMILES string of the molecule is CCOc1ccc(C(=O)c2ccccc2C(C)C)cc1. The molecule has 0 saturated heterocycles. The largest absolute Gasteiger partial charge is 0.494 e. The van der Waals surface area contributed by atoms with Gasteiger partial charge in [-0.2, -0.15) is 0 Å². The van der Waals surface area contributed by atoms with Gasteiger partial charge in [-0.1, -0.05) is 38.1 Å². The van der Waals surface area contributed by atoms with Gasteiger partial charge in [0.2, 0.25) is 0 Å². The maximum Gasteiger partial charge on any atom is 0.193 e. The number of ether oxygens (including phenoxy) is 1. The first-order chi connectivity index (χ1) is 9.63. The van der Waals surface area contributed by atoms with Gasteiger partial charge in [0, 0.05) is 11.1 Å². The van der Waals surface area contributed by atoms with Crippen molar-refractivity contribution >= 4 is 5.78 Å². The fourth-order valence-electron chi connectivity index (χ4n) is 2.23. The van der Waals surface area contributed by atoms with Gasteiger partial charge in [0.25, 0.3) is 0 Å². The van der Waals surface area contributed by atoms with Gasteiger partial charge in [0.05, 0.1) is 6.61 Å². The number of hydrogen-bond acceptors (Lipinski definition) is 2. The van der Waals surface area contributed by atoms with Crippen LogP contribution in [0.5, 0.6) is 5.75 Å². The van der Waals surface area contributed by atoms with Gasteiger partial charge in [-0.15, -0.1) is 0 Å². The number of hydrogen-bond donors (Lipinski definition) is 0. The summed E-state index contributed by atoms with van der Waals surface area (Å²) >= 11 is 0. The van der Waals surface area contributed by atoms with Crippen molar-refractivity contribution in [1.82, 2.24) is 0 Å². The Balaban J connectivity index is 2.31. The molecule has 0 amide bonds. The molecule has 0 aliphatic carbocycles. The van der Waals surface area contributed by atoms with Crippen molar-refractivity contribution in [2.24, 2.45) is 0 Å². The number of ketones is 1. The van der Waals surface area contributed by atoms with Gasteiger partial charge in [0.15, 0.2) is 5.78 Å². The van der Waals surface area contributed by atoms with Gasteiger partial charge >= 0.3 is 0 Å². The molecular weight excluding hydrogens is 248 g/mol. The quantitative estimate of drug-likeness (QED) is 0.749. The predicted octanol–water partition coefficient (Wildman–Crippen LogP) is 4.44. The maximum absolute atomic E-state index is 12.6. The Bertz CT molecular complexity index is 583. The zero-order chi connectivity index (χ0) is 14.5. The molecule has 0 N–H and O–H groups in total. The lowest BCUT2D eigenvalue weighted by Crippen LogP contribution is -2.06. The molecule has 0 bridgehead atoms. The zero-order valence-corrected chi connectivity index (χ0v) is 12.2. The highest BCUT2D eigenvalue weighted by Gasteiger charge is 2.14. The van der Waals surface area contributed by atoms with Crippen molar-refractivity contribution in [2.45, 2.75) is 26.7 Å². The van der Waals surface area contributed by atoms with Crippen molar-refractivity contribution in [3.05, 3.63) is 65.2 Å². The molecule has 0 radical (unpaired) electrons. The van der Waals surface area contributed by atoms with Gasteiger partial charge in [-0.05, 0) is 42.7 Å². The van der Waals surface area contributed by atoms with E-state index >= 15 is 0 Å². The van der Waals surface area contributed by atoms with Gasteiger partial charge < -0.3 is 4.74 Å². The lowest BCUT2D eigenvalue weighted by Gasteiger charge is -2.12. The second-order valence-corrected chi connectivity index (χ2v) is 5.03. The van der Waals surface area contributed by atoms with E-state index < -0.39 is 0 Å². The van der Waals surface area contributed by atoms with Crippen LogP contribution in [0.4, 0.5) is 0 Å². The molecule has 2 heteroatoms. The second-order valence-electron chi connectivity index (χ2n) is 5.03. The Kier molecular flexibility index (Phi) is 4.57. The number of carbonyl (C=O) groups excluding carboxylic acids is 1. The normalized spacial score (nSPS) is 10.6. The van der Waals surface area contributed by atoms with Crippen LogP contribution in [-0.2, 0) is 0 Å². The fraction of sp³-hybridized carbons (Fsp3) is 0.278. The van der Waals surface area contributed by atoms with E-state index in [2.05, 4.69) is 13.8 Å². The van der Waals surface area contributed by atoms with Gasteiger partial charge in [0.1, 0.15) is 5.75 Å². The third kappa shape index (κ3) is 3.08. The summed E-state index contributed by atoms with van der Waals surface area (Å²) in [5.41, 5.74) is 2.57. The highest BCUT2D eigenvalue weighted by molar-refractivity contribution is 6.10. The summed E-state index contributed by atoms with van der Waals surface area (Å²) < 4.78 is 5.40. The topological polar surface area (TPSA) is 26.3 Å². The first-order valence-electron chi connectivity index (χ1n) is 7.00. The third-order valence-corrected chi connectivity index (χ3v) is 3.25. The molecule has 0 heterocycles. The van der Waals surface area contributed by atoms with Crippen molar-refractivity contribution in [3.63, 3.8) is 0 Å². The lowest BCUT2D eigenvalue weighted by molar-refractivity contribution is 0.103. The molecule has 0 fully saturated rings. The van der Waals surface area contributed by atoms with E-state index in [-0.39, 0.29) is 5.78 Å². The summed E-state index contributed by atoms with van der Waals surface area (Å²) in [7, 11) is 0. The zero-order valence-electron chi connectivity index (χ0n) is 12.2. The molecule has 0 spiro atoms. The molecule has 0 atom stereocenters. The molecule has 0 aromatic heterocycles. The first kappa shape index (κ1) is 14.3. The summed E-state index contributed by atoms with van der Waals surface area (Å²) in [6.45, 7) is 6.77. The Morgan fingerprint density at radius 2 is 1.70 bits per heavy atom. The van der Waals surface area contributed by atoms with Crippen LogP contribution in [0.2, 0.25) is 0 Å². The minimum absolute atomic E-state index is 0.0670. The number of rotatable bonds is 5. The molecule has 0 unspecified atom stereocenters. The van der Waals surface area contributed by atoms with Crippen LogP contribution in [0.25, 0.3) is 0 Å². The minimum Gasteiger partial charge on any atom is -0.494 e. The number of benzene rings is 2. The van der Waals surface area contributed by atoms with Crippen LogP contribution in [0, 0.1) is 0 Å². The second kappa shape index (κ2) is 6.38. The van der Waals surface area contributed by atoms with Crippen LogP contribution in [0.15, 0.2) is 48.5 Å². The minimum atomic E-state index is 0.0670. The molecule has 20 heavy (non-hydrogen) atoms. The Labute approximate surface area is 120 Å². The summed E-state index contributed by atoms with van der Waals surface area (Å²) in [5.74, 6) is 1.19. The smallest absolute Gasteiger partial charge is 0.193 e. The number of carbonyl (C=O) groups is 1. The molecule has 0 saturated carbocycles. The summed E-state index contributed by atoms with van der Waals surface area (Å²) in [4.78, 5) is 12.6. The van der Waals surface area contributed by atoms with Crippen molar-refractivity contribution < 1.29 is 9.53 Å². The molecule has 2 nitrogen and oxygen atoms in total.